The van der Waals surface area contributed by atoms with E-state index in [1.807, 2.05) is 0 Å². The Balaban J connectivity index is 1.35. The summed E-state index contributed by atoms with van der Waals surface area (Å²) < 4.78 is 22.3. The van der Waals surface area contributed by atoms with Crippen LogP contribution in [0.2, 0.25) is 0 Å². The monoisotopic (exact) mass is 670 g/mol. The summed E-state index contributed by atoms with van der Waals surface area (Å²) in [7, 11) is 2.88. The highest BCUT2D eigenvalue weighted by Crippen LogP contribution is 2.55. The number of likely N-dealkylation sites (N-methyl/N-ethyl adjacent to an activating group) is 1. The van der Waals surface area contributed by atoms with Crippen LogP contribution in [0.4, 0.5) is 0 Å². The molecule has 3 aliphatic carbocycles. The quantitative estimate of drug-likeness (QED) is 0.281. The number of hydrogen-bond acceptors (Lipinski definition) is 13. The van der Waals surface area contributed by atoms with Gasteiger partial charge in [-0.2, -0.15) is 0 Å². The first-order valence-corrected chi connectivity index (χ1v) is 15.6. The molecule has 252 valence electrons. The molecule has 14 heteroatoms. The van der Waals surface area contributed by atoms with Crippen LogP contribution in [0.3, 0.4) is 0 Å². The molecule has 3 aromatic rings. The van der Waals surface area contributed by atoms with Crippen molar-refractivity contribution in [3.8, 4) is 51.0 Å². The maximum atomic E-state index is 14.7. The lowest BCUT2D eigenvalue weighted by Crippen LogP contribution is -2.77. The highest BCUT2D eigenvalue weighted by atomic mass is 16.7. The number of ether oxygens (including phenoxy) is 4. The number of aromatic hydroxyl groups is 1. The lowest BCUT2D eigenvalue weighted by atomic mass is 9.51. The summed E-state index contributed by atoms with van der Waals surface area (Å²) in [6.07, 6.45) is -1.93. The van der Waals surface area contributed by atoms with Crippen molar-refractivity contribution in [1.29, 1.82) is 0 Å². The highest BCUT2D eigenvalue weighted by Gasteiger charge is 2.72. The Morgan fingerprint density at radius 2 is 1.61 bits per heavy atom. The van der Waals surface area contributed by atoms with Gasteiger partial charge in [0.05, 0.1) is 29.5 Å². The number of hydrogen-bond donors (Lipinski definition) is 4. The summed E-state index contributed by atoms with van der Waals surface area (Å²) >= 11 is 0. The third-order valence-electron chi connectivity index (χ3n) is 10.5. The standard InChI is InChI=1S/C35H30N2O12/c1-37(2)26-25-28(39)18-10-16-15(13-6-7-19-21(8-13)48-11-46-19)9-17(14-4-3-5-20-31(14)49-12-47-20)27(38)22(16)29(40)23(18)32(42)35(25,45)33(43)24(30(26)41)34(36)44/h3-9,18,23-26,28,38-39,45H,10-12H2,1-2H3,(H2,36,44)/t18-,23?,24?,25-,26+,28+,35+/m1/s1. The van der Waals surface area contributed by atoms with E-state index in [4.69, 9.17) is 24.7 Å². The topological polar surface area (TPSA) is 212 Å². The van der Waals surface area contributed by atoms with Gasteiger partial charge in [0.25, 0.3) is 0 Å². The average molecular weight is 671 g/mol. The molecule has 49 heavy (non-hydrogen) atoms. The van der Waals surface area contributed by atoms with E-state index in [2.05, 4.69) is 0 Å². The SMILES string of the molecule is CN(C)[C@@H]1C(=O)C(C(N)=O)C(=O)[C@@]2(O)C(=O)C3C(=O)c4c(O)c(-c5cccc6c5OCO6)cc(-c5ccc6c(c5)OCO6)c4C[C@H]3[C@H](O)[C@@H]12. The van der Waals surface area contributed by atoms with Crippen molar-refractivity contribution in [2.24, 2.45) is 29.4 Å². The number of fused-ring (bicyclic) bond motifs is 5. The second-order valence-corrected chi connectivity index (χ2v) is 13.1. The first-order chi connectivity index (χ1) is 23.4. The first kappa shape index (κ1) is 31.0. The third-order valence-corrected chi connectivity index (χ3v) is 10.5. The lowest BCUT2D eigenvalue weighted by Gasteiger charge is -2.54. The van der Waals surface area contributed by atoms with E-state index >= 15 is 0 Å². The molecule has 5 N–H and O–H groups in total. The number of aliphatic hydroxyl groups is 2. The number of Topliss-reactive ketones (excluding diaryl/α,β-unsaturated/α-hetero) is 4. The molecular weight excluding hydrogens is 640 g/mol. The van der Waals surface area contributed by atoms with Gasteiger partial charge >= 0.3 is 0 Å². The van der Waals surface area contributed by atoms with Crippen LogP contribution < -0.4 is 24.7 Å². The lowest BCUT2D eigenvalue weighted by molar-refractivity contribution is -0.195. The summed E-state index contributed by atoms with van der Waals surface area (Å²) in [5, 5.41) is 35.8. The van der Waals surface area contributed by atoms with Gasteiger partial charge in [0, 0.05) is 17.0 Å². The average Bonchev–Trinajstić information content (AvgIpc) is 3.74. The second kappa shape index (κ2) is 10.6. The molecule has 14 nitrogen and oxygen atoms in total. The number of primary amides is 1. The Labute approximate surface area is 277 Å². The fourth-order valence-electron chi connectivity index (χ4n) is 8.35. The van der Waals surface area contributed by atoms with Crippen molar-refractivity contribution in [2.45, 2.75) is 24.2 Å². The van der Waals surface area contributed by atoms with Crippen LogP contribution in [0.15, 0.2) is 42.5 Å². The first-order valence-electron chi connectivity index (χ1n) is 15.6. The van der Waals surface area contributed by atoms with Crippen molar-refractivity contribution in [2.75, 3.05) is 27.7 Å². The van der Waals surface area contributed by atoms with Crippen LogP contribution in [-0.2, 0) is 25.6 Å². The minimum absolute atomic E-state index is 0.00709. The number of carbonyl (C=O) groups excluding carboxylic acids is 5. The van der Waals surface area contributed by atoms with Crippen molar-refractivity contribution in [3.05, 3.63) is 53.6 Å². The van der Waals surface area contributed by atoms with Gasteiger partial charge in [-0.25, -0.2) is 0 Å². The van der Waals surface area contributed by atoms with E-state index < -0.39 is 76.2 Å². The molecule has 3 aromatic carbocycles. The van der Waals surface area contributed by atoms with Gasteiger partial charge in [-0.3, -0.25) is 28.9 Å². The van der Waals surface area contributed by atoms with Gasteiger partial charge in [-0.1, -0.05) is 18.2 Å². The maximum Gasteiger partial charge on any atom is 0.235 e. The molecular formula is C35H30N2O12. The van der Waals surface area contributed by atoms with Crippen molar-refractivity contribution >= 4 is 29.0 Å². The zero-order valence-electron chi connectivity index (χ0n) is 26.2. The van der Waals surface area contributed by atoms with Crippen molar-refractivity contribution in [3.63, 3.8) is 0 Å². The number of rotatable bonds is 4. The van der Waals surface area contributed by atoms with Crippen LogP contribution in [0.25, 0.3) is 22.3 Å². The van der Waals surface area contributed by atoms with Crippen LogP contribution >= 0.6 is 0 Å². The fraction of sp³-hybridized carbons (Fsp3) is 0.343. The van der Waals surface area contributed by atoms with E-state index in [-0.39, 0.29) is 31.1 Å². The van der Waals surface area contributed by atoms with Crippen molar-refractivity contribution < 1.29 is 58.2 Å². The number of phenolic OH excluding ortho intramolecular Hbond substituents is 1. The number of nitrogens with zero attached hydrogens (tertiary/aromatic N) is 1. The molecule has 0 spiro atoms. The second-order valence-electron chi connectivity index (χ2n) is 13.1. The molecule has 0 aromatic heterocycles. The smallest absolute Gasteiger partial charge is 0.235 e. The number of para-hydroxylation sites is 1. The maximum absolute atomic E-state index is 14.7. The van der Waals surface area contributed by atoms with E-state index in [0.717, 1.165) is 0 Å². The Bertz CT molecular complexity index is 2040. The molecule has 0 saturated heterocycles. The number of ketones is 4. The Morgan fingerprint density at radius 3 is 2.35 bits per heavy atom. The van der Waals surface area contributed by atoms with Crippen LogP contribution in [-0.4, -0.2) is 94.7 Å². The van der Waals surface area contributed by atoms with E-state index in [9.17, 15) is 39.3 Å². The van der Waals surface area contributed by atoms with Gasteiger partial charge in [0.1, 0.15) is 5.75 Å². The number of aliphatic hydroxyl groups excluding tert-OH is 1. The molecule has 2 saturated carbocycles. The van der Waals surface area contributed by atoms with Crippen LogP contribution in [0.1, 0.15) is 15.9 Å². The zero-order valence-corrected chi connectivity index (χ0v) is 26.2. The number of carbonyl (C=O) groups is 5. The molecule has 2 aliphatic heterocycles. The van der Waals surface area contributed by atoms with Gasteiger partial charge in [0.15, 0.2) is 57.6 Å². The Morgan fingerprint density at radius 1 is 0.898 bits per heavy atom. The van der Waals surface area contributed by atoms with E-state index in [1.54, 1.807) is 42.5 Å². The van der Waals surface area contributed by atoms with E-state index in [0.29, 0.717) is 45.3 Å². The van der Waals surface area contributed by atoms with Crippen LogP contribution in [0.5, 0.6) is 28.7 Å². The number of phenols is 1. The zero-order chi connectivity index (χ0) is 34.7. The minimum Gasteiger partial charge on any atom is -0.507 e. The summed E-state index contributed by atoms with van der Waals surface area (Å²) in [5.74, 6) is -11.8. The summed E-state index contributed by atoms with van der Waals surface area (Å²) in [5.41, 5.74) is 3.92. The Hall–Kier alpha value is -5.31. The molecule has 2 unspecified atom stereocenters. The summed E-state index contributed by atoms with van der Waals surface area (Å²) in [6, 6.07) is 10.4. The van der Waals surface area contributed by atoms with Gasteiger partial charge in [0.2, 0.25) is 19.5 Å². The number of benzene rings is 3. The fourth-order valence-corrected chi connectivity index (χ4v) is 8.35. The molecule has 8 rings (SSSR count). The predicted octanol–water partition coefficient (Wildman–Crippen LogP) is 0.629. The molecule has 2 heterocycles. The third kappa shape index (κ3) is 4.08. The Kier molecular flexibility index (Phi) is 6.70. The molecule has 0 radical (unpaired) electrons. The molecule has 0 bridgehead atoms. The van der Waals surface area contributed by atoms with Gasteiger partial charge in [-0.05, 0) is 61.5 Å². The largest absolute Gasteiger partial charge is 0.507 e. The number of amides is 1. The molecule has 7 atom stereocenters. The molecule has 5 aliphatic rings. The minimum atomic E-state index is -3.10. The van der Waals surface area contributed by atoms with E-state index in [1.165, 1.54) is 19.0 Å². The molecule has 1 amide bonds. The normalized spacial score (nSPS) is 29.5. The van der Waals surface area contributed by atoms with Crippen molar-refractivity contribution in [1.82, 2.24) is 4.90 Å². The summed E-state index contributed by atoms with van der Waals surface area (Å²) in [6.45, 7) is -0.0637. The number of nitrogens with two attached hydrogens (primary N) is 1. The highest BCUT2D eigenvalue weighted by molar-refractivity contribution is 6.32. The summed E-state index contributed by atoms with van der Waals surface area (Å²) in [4.78, 5) is 69.9. The predicted molar refractivity (Wildman–Crippen MR) is 166 cm³/mol. The van der Waals surface area contributed by atoms with Crippen LogP contribution in [0, 0.1) is 23.7 Å². The van der Waals surface area contributed by atoms with Gasteiger partial charge in [-0.15, -0.1) is 0 Å². The van der Waals surface area contributed by atoms with Gasteiger partial charge < -0.3 is 40.0 Å². The molecule has 2 fully saturated rings.